The predicted molar refractivity (Wildman–Crippen MR) is 71.8 cm³/mol. The van der Waals surface area contributed by atoms with Crippen molar-refractivity contribution in [2.24, 2.45) is 7.05 Å². The van der Waals surface area contributed by atoms with Gasteiger partial charge in [-0.2, -0.15) is 5.10 Å². The van der Waals surface area contributed by atoms with Crippen LogP contribution in [0, 0.1) is 13.8 Å². The molecule has 0 saturated carbocycles. The molecule has 0 aliphatic carbocycles. The first kappa shape index (κ1) is 13.5. The van der Waals surface area contributed by atoms with E-state index in [2.05, 4.69) is 53.7 Å². The zero-order valence-corrected chi connectivity index (χ0v) is 12.1. The molecule has 0 amide bonds. The Bertz CT molecular complexity index is 382. The number of hydrogen-bond acceptors (Lipinski definition) is 2. The van der Waals surface area contributed by atoms with E-state index in [0.717, 1.165) is 23.1 Å². The van der Waals surface area contributed by atoms with E-state index in [1.807, 2.05) is 11.7 Å². The summed E-state index contributed by atoms with van der Waals surface area (Å²) in [6, 6.07) is 0.350. The van der Waals surface area contributed by atoms with Gasteiger partial charge in [-0.1, -0.05) is 29.4 Å². The van der Waals surface area contributed by atoms with Gasteiger partial charge in [-0.15, -0.1) is 0 Å². The Kier molecular flexibility index (Phi) is 4.74. The number of aryl methyl sites for hydroxylation is 2. The highest BCUT2D eigenvalue weighted by Crippen LogP contribution is 2.23. The molecule has 90 valence electrons. The molecule has 1 heterocycles. The fourth-order valence-corrected chi connectivity index (χ4v) is 2.14. The van der Waals surface area contributed by atoms with Crippen LogP contribution in [0.25, 0.3) is 0 Å². The third-order valence-corrected chi connectivity index (χ3v) is 3.14. The van der Waals surface area contributed by atoms with E-state index in [1.54, 1.807) is 0 Å². The molecule has 4 heteroatoms. The van der Waals surface area contributed by atoms with Gasteiger partial charge in [0, 0.05) is 35.4 Å². The van der Waals surface area contributed by atoms with E-state index < -0.39 is 0 Å². The lowest BCUT2D eigenvalue weighted by molar-refractivity contribution is 0.544. The molecule has 0 radical (unpaired) electrons. The van der Waals surface area contributed by atoms with Gasteiger partial charge in [-0.3, -0.25) is 4.68 Å². The smallest absolute Gasteiger partial charge is 0.0644 e. The van der Waals surface area contributed by atoms with E-state index >= 15 is 0 Å². The summed E-state index contributed by atoms with van der Waals surface area (Å²) in [5.74, 6) is 0. The summed E-state index contributed by atoms with van der Waals surface area (Å²) in [6.45, 7) is 11.0. The van der Waals surface area contributed by atoms with Crippen molar-refractivity contribution in [2.75, 3.05) is 6.54 Å². The lowest BCUT2D eigenvalue weighted by atomic mass is 10.0. The van der Waals surface area contributed by atoms with Crippen molar-refractivity contribution >= 4 is 15.9 Å². The van der Waals surface area contributed by atoms with Crippen molar-refractivity contribution in [2.45, 2.75) is 33.2 Å². The van der Waals surface area contributed by atoms with Crippen LogP contribution in [0.1, 0.15) is 36.3 Å². The summed E-state index contributed by atoms with van der Waals surface area (Å²) in [5, 5.41) is 7.93. The van der Waals surface area contributed by atoms with Crippen molar-refractivity contribution in [3.05, 3.63) is 28.0 Å². The number of nitrogens with zero attached hydrogens (tertiary/aromatic N) is 2. The maximum Gasteiger partial charge on any atom is 0.0644 e. The number of hydrogen-bond donors (Lipinski definition) is 1. The molecule has 16 heavy (non-hydrogen) atoms. The van der Waals surface area contributed by atoms with Crippen LogP contribution in [0.2, 0.25) is 0 Å². The van der Waals surface area contributed by atoms with Gasteiger partial charge in [0.1, 0.15) is 0 Å². The third kappa shape index (κ3) is 2.95. The van der Waals surface area contributed by atoms with E-state index in [-0.39, 0.29) is 0 Å². The fourth-order valence-electron chi connectivity index (χ4n) is 1.98. The molecule has 0 bridgehead atoms. The summed E-state index contributed by atoms with van der Waals surface area (Å²) >= 11 is 3.37. The molecule has 1 unspecified atom stereocenters. The van der Waals surface area contributed by atoms with Crippen LogP contribution in [0.5, 0.6) is 0 Å². The van der Waals surface area contributed by atoms with Gasteiger partial charge in [0.2, 0.25) is 0 Å². The van der Waals surface area contributed by atoms with Crippen molar-refractivity contribution < 1.29 is 0 Å². The zero-order chi connectivity index (χ0) is 12.3. The van der Waals surface area contributed by atoms with Gasteiger partial charge in [-0.25, -0.2) is 0 Å². The second-order valence-electron chi connectivity index (χ2n) is 4.07. The van der Waals surface area contributed by atoms with Gasteiger partial charge < -0.3 is 5.32 Å². The highest BCUT2D eigenvalue weighted by molar-refractivity contribution is 9.11. The van der Waals surface area contributed by atoms with Crippen LogP contribution >= 0.6 is 15.9 Å². The molecule has 1 N–H and O–H groups in total. The van der Waals surface area contributed by atoms with Crippen molar-refractivity contribution in [1.29, 1.82) is 0 Å². The molecule has 0 fully saturated rings. The highest BCUT2D eigenvalue weighted by Gasteiger charge is 2.17. The number of rotatable bonds is 5. The lowest BCUT2D eigenvalue weighted by Crippen LogP contribution is -2.23. The van der Waals surface area contributed by atoms with Gasteiger partial charge in [-0.05, 0) is 20.3 Å². The molecule has 1 atom stereocenters. The lowest BCUT2D eigenvalue weighted by Gasteiger charge is -2.17. The second kappa shape index (κ2) is 5.64. The first-order chi connectivity index (χ1) is 7.47. The number of aromatic nitrogens is 2. The Hall–Kier alpha value is -0.610. The molecule has 0 aliphatic rings. The Labute approximate surface area is 106 Å². The molecule has 1 rings (SSSR count). The summed E-state index contributed by atoms with van der Waals surface area (Å²) in [5.41, 5.74) is 3.66. The van der Waals surface area contributed by atoms with Crippen molar-refractivity contribution in [1.82, 2.24) is 15.1 Å². The first-order valence-corrected chi connectivity index (χ1v) is 6.33. The molecule has 0 spiro atoms. The van der Waals surface area contributed by atoms with Gasteiger partial charge >= 0.3 is 0 Å². The van der Waals surface area contributed by atoms with Gasteiger partial charge in [0.05, 0.1) is 5.69 Å². The van der Waals surface area contributed by atoms with Crippen LogP contribution in [0.15, 0.2) is 11.1 Å². The molecule has 1 aromatic rings. The minimum Gasteiger partial charge on any atom is -0.305 e. The normalized spacial score (nSPS) is 12.8. The summed E-state index contributed by atoms with van der Waals surface area (Å²) < 4.78 is 2.92. The minimum atomic E-state index is 0.350. The SMILES string of the molecule is C=C(Br)CNC(CC)c1c(C)nn(C)c1C. The maximum absolute atomic E-state index is 4.45. The summed E-state index contributed by atoms with van der Waals surface area (Å²) in [6.07, 6.45) is 1.05. The molecule has 1 aromatic heterocycles. The quantitative estimate of drug-likeness (QED) is 0.901. The minimum absolute atomic E-state index is 0.350. The Balaban J connectivity index is 2.90. The maximum atomic E-state index is 4.45. The van der Waals surface area contributed by atoms with E-state index in [0.29, 0.717) is 6.04 Å². The fraction of sp³-hybridized carbons (Fsp3) is 0.583. The zero-order valence-electron chi connectivity index (χ0n) is 10.5. The third-order valence-electron chi connectivity index (χ3n) is 2.86. The molecular formula is C12H20BrN3. The molecular weight excluding hydrogens is 266 g/mol. The van der Waals surface area contributed by atoms with Gasteiger partial charge in [0.15, 0.2) is 0 Å². The molecule has 3 nitrogen and oxygen atoms in total. The largest absolute Gasteiger partial charge is 0.305 e. The van der Waals surface area contributed by atoms with Crippen LogP contribution in [-0.2, 0) is 7.05 Å². The molecule has 0 saturated heterocycles. The first-order valence-electron chi connectivity index (χ1n) is 5.54. The second-order valence-corrected chi connectivity index (χ2v) is 5.19. The number of halogens is 1. The van der Waals surface area contributed by atoms with Crippen molar-refractivity contribution in [3.63, 3.8) is 0 Å². The van der Waals surface area contributed by atoms with Crippen LogP contribution in [0.4, 0.5) is 0 Å². The van der Waals surface area contributed by atoms with E-state index in [1.165, 1.54) is 11.3 Å². The van der Waals surface area contributed by atoms with E-state index in [4.69, 9.17) is 0 Å². The van der Waals surface area contributed by atoms with Crippen LogP contribution in [-0.4, -0.2) is 16.3 Å². The van der Waals surface area contributed by atoms with Gasteiger partial charge in [0.25, 0.3) is 0 Å². The van der Waals surface area contributed by atoms with Crippen LogP contribution < -0.4 is 5.32 Å². The Morgan fingerprint density at radius 2 is 2.19 bits per heavy atom. The Morgan fingerprint density at radius 3 is 2.56 bits per heavy atom. The summed E-state index contributed by atoms with van der Waals surface area (Å²) in [7, 11) is 1.99. The average molecular weight is 286 g/mol. The van der Waals surface area contributed by atoms with E-state index in [9.17, 15) is 0 Å². The average Bonchev–Trinajstić information content (AvgIpc) is 2.45. The monoisotopic (exact) mass is 285 g/mol. The number of nitrogens with one attached hydrogen (secondary N) is 1. The molecule has 0 aromatic carbocycles. The topological polar surface area (TPSA) is 29.9 Å². The summed E-state index contributed by atoms with van der Waals surface area (Å²) in [4.78, 5) is 0. The predicted octanol–water partition coefficient (Wildman–Crippen LogP) is 2.99. The van der Waals surface area contributed by atoms with Crippen LogP contribution in [0.3, 0.4) is 0 Å². The van der Waals surface area contributed by atoms with Crippen molar-refractivity contribution in [3.8, 4) is 0 Å². The molecule has 0 aliphatic heterocycles. The Morgan fingerprint density at radius 1 is 1.56 bits per heavy atom. The standard InChI is InChI=1S/C12H20BrN3/c1-6-11(14-7-8(2)13)12-9(3)15-16(5)10(12)4/h11,14H,2,6-7H2,1,3-5H3. The highest BCUT2D eigenvalue weighted by atomic mass is 79.9.